The van der Waals surface area contributed by atoms with E-state index in [-0.39, 0.29) is 40.3 Å². The molecule has 2 N–H and O–H groups in total. The first-order valence-corrected chi connectivity index (χ1v) is 6.48. The van der Waals surface area contributed by atoms with Crippen LogP contribution in [-0.4, -0.2) is 33.9 Å². The molecule has 2 atom stereocenters. The van der Waals surface area contributed by atoms with Gasteiger partial charge in [-0.3, -0.25) is 4.79 Å². The Morgan fingerprint density at radius 3 is 2.94 bits per heavy atom. The van der Waals surface area contributed by atoms with Crippen LogP contribution in [0.25, 0.3) is 0 Å². The van der Waals surface area contributed by atoms with Gasteiger partial charge in [0.05, 0.1) is 5.56 Å². The largest absolute Gasteiger partial charge is 0.396 e. The third-order valence-electron chi connectivity index (χ3n) is 3.17. The first-order valence-electron chi connectivity index (χ1n) is 5.72. The van der Waals surface area contributed by atoms with Gasteiger partial charge in [0.15, 0.2) is 10.3 Å². The highest BCUT2D eigenvalue weighted by molar-refractivity contribution is 6.34. The second kappa shape index (κ2) is 5.82. The van der Waals surface area contributed by atoms with E-state index in [0.29, 0.717) is 0 Å². The number of rotatable bonds is 3. The van der Waals surface area contributed by atoms with Crippen molar-refractivity contribution in [3.63, 3.8) is 0 Å². The summed E-state index contributed by atoms with van der Waals surface area (Å²) in [5, 5.41) is 19.3. The summed E-state index contributed by atoms with van der Waals surface area (Å²) < 4.78 is 0. The third kappa shape index (κ3) is 2.91. The zero-order valence-corrected chi connectivity index (χ0v) is 11.1. The van der Waals surface area contributed by atoms with E-state index < -0.39 is 0 Å². The van der Waals surface area contributed by atoms with Crippen molar-refractivity contribution in [1.82, 2.24) is 15.5 Å². The van der Waals surface area contributed by atoms with Crippen LogP contribution >= 0.6 is 23.2 Å². The molecule has 18 heavy (non-hydrogen) atoms. The summed E-state index contributed by atoms with van der Waals surface area (Å²) >= 11 is 11.5. The first kappa shape index (κ1) is 13.5. The van der Waals surface area contributed by atoms with Crippen LogP contribution in [0.1, 0.15) is 29.6 Å². The molecule has 2 unspecified atom stereocenters. The monoisotopic (exact) mass is 289 g/mol. The van der Waals surface area contributed by atoms with E-state index in [1.54, 1.807) is 0 Å². The van der Waals surface area contributed by atoms with Gasteiger partial charge < -0.3 is 10.4 Å². The lowest BCUT2D eigenvalue weighted by molar-refractivity contribution is 0.0915. The van der Waals surface area contributed by atoms with Crippen molar-refractivity contribution in [2.75, 3.05) is 6.61 Å². The Morgan fingerprint density at radius 1 is 1.44 bits per heavy atom. The van der Waals surface area contributed by atoms with Crippen molar-refractivity contribution < 1.29 is 9.90 Å². The van der Waals surface area contributed by atoms with Gasteiger partial charge in [0.25, 0.3) is 5.91 Å². The van der Waals surface area contributed by atoms with Crippen molar-refractivity contribution in [3.8, 4) is 0 Å². The number of nitrogens with one attached hydrogen (secondary N) is 1. The Bertz CT molecular complexity index is 456. The molecule has 1 aliphatic carbocycles. The number of halogens is 2. The van der Waals surface area contributed by atoms with Crippen molar-refractivity contribution in [3.05, 3.63) is 21.9 Å². The van der Waals surface area contributed by atoms with Crippen molar-refractivity contribution in [2.24, 2.45) is 5.92 Å². The van der Waals surface area contributed by atoms with Gasteiger partial charge in [-0.1, -0.05) is 29.6 Å². The lowest BCUT2D eigenvalue weighted by atomic mass is 10.0. The van der Waals surface area contributed by atoms with E-state index >= 15 is 0 Å². The summed E-state index contributed by atoms with van der Waals surface area (Å²) in [5.74, 6) is -0.222. The van der Waals surface area contributed by atoms with E-state index in [4.69, 9.17) is 23.2 Å². The van der Waals surface area contributed by atoms with Crippen LogP contribution in [0.15, 0.2) is 6.07 Å². The molecule has 0 spiro atoms. The molecule has 1 fully saturated rings. The van der Waals surface area contributed by atoms with Crippen LogP contribution < -0.4 is 5.32 Å². The van der Waals surface area contributed by atoms with Gasteiger partial charge in [0, 0.05) is 18.6 Å². The smallest absolute Gasteiger partial charge is 0.254 e. The van der Waals surface area contributed by atoms with Crippen molar-refractivity contribution in [1.29, 1.82) is 0 Å². The predicted molar refractivity (Wildman–Crippen MR) is 67.7 cm³/mol. The number of aliphatic hydroxyl groups is 1. The normalized spacial score (nSPS) is 23.1. The maximum Gasteiger partial charge on any atom is 0.254 e. The summed E-state index contributed by atoms with van der Waals surface area (Å²) in [5.41, 5.74) is 0.209. The number of aliphatic hydroxyl groups excluding tert-OH is 1. The van der Waals surface area contributed by atoms with Crippen LogP contribution in [-0.2, 0) is 0 Å². The van der Waals surface area contributed by atoms with Gasteiger partial charge in [0.2, 0.25) is 0 Å². The highest BCUT2D eigenvalue weighted by Gasteiger charge is 2.28. The maximum atomic E-state index is 12.0. The van der Waals surface area contributed by atoms with E-state index in [1.165, 1.54) is 6.07 Å². The summed E-state index contributed by atoms with van der Waals surface area (Å²) in [6.45, 7) is 0.0774. The fourth-order valence-corrected chi connectivity index (χ4v) is 2.53. The van der Waals surface area contributed by atoms with Crippen molar-refractivity contribution in [2.45, 2.75) is 25.3 Å². The molecule has 7 heteroatoms. The third-order valence-corrected chi connectivity index (χ3v) is 3.64. The number of carbonyl (C=O) groups excluding carboxylic acids is 1. The molecule has 1 aromatic rings. The van der Waals surface area contributed by atoms with E-state index in [2.05, 4.69) is 15.5 Å². The number of hydrogen-bond acceptors (Lipinski definition) is 4. The van der Waals surface area contributed by atoms with Crippen LogP contribution in [0.2, 0.25) is 10.3 Å². The fourth-order valence-electron chi connectivity index (χ4n) is 2.20. The molecule has 0 saturated heterocycles. The lowest BCUT2D eigenvalue weighted by Gasteiger charge is -2.19. The molecule has 0 aromatic carbocycles. The Morgan fingerprint density at radius 2 is 2.22 bits per heavy atom. The first-order chi connectivity index (χ1) is 8.61. The van der Waals surface area contributed by atoms with Crippen LogP contribution in [0.4, 0.5) is 0 Å². The average molecular weight is 290 g/mol. The second-order valence-electron chi connectivity index (χ2n) is 4.33. The van der Waals surface area contributed by atoms with E-state index in [9.17, 15) is 9.90 Å². The van der Waals surface area contributed by atoms with Gasteiger partial charge in [-0.05, 0) is 18.9 Å². The maximum absolute atomic E-state index is 12.0. The molecule has 0 radical (unpaired) electrons. The van der Waals surface area contributed by atoms with Gasteiger partial charge >= 0.3 is 0 Å². The van der Waals surface area contributed by atoms with Gasteiger partial charge in [0.1, 0.15) is 0 Å². The second-order valence-corrected chi connectivity index (χ2v) is 5.07. The molecule has 98 valence electrons. The summed E-state index contributed by atoms with van der Waals surface area (Å²) in [6.07, 6.45) is 2.78. The van der Waals surface area contributed by atoms with Crippen LogP contribution in [0, 0.1) is 5.92 Å². The quantitative estimate of drug-likeness (QED) is 0.888. The average Bonchev–Trinajstić information content (AvgIpc) is 2.79. The molecule has 1 aliphatic rings. The minimum absolute atomic E-state index is 0.0227. The molecular formula is C11H13Cl2N3O2. The SMILES string of the molecule is O=C(NC1CCCC1CO)c1cc(Cl)nnc1Cl. The molecule has 0 bridgehead atoms. The standard InChI is InChI=1S/C11H13Cl2N3O2/c12-9-4-7(10(13)16-15-9)11(18)14-8-3-1-2-6(8)5-17/h4,6,8,17H,1-3,5H2,(H,14,18). The Hall–Kier alpha value is -0.910. The molecule has 1 heterocycles. The van der Waals surface area contributed by atoms with Gasteiger partial charge in [-0.15, -0.1) is 10.2 Å². The highest BCUT2D eigenvalue weighted by Crippen LogP contribution is 2.26. The number of hydrogen-bond donors (Lipinski definition) is 2. The number of carbonyl (C=O) groups is 1. The van der Waals surface area contributed by atoms with Gasteiger partial charge in [-0.2, -0.15) is 0 Å². The molecule has 5 nitrogen and oxygen atoms in total. The highest BCUT2D eigenvalue weighted by atomic mass is 35.5. The molecule has 1 amide bonds. The number of nitrogens with zero attached hydrogens (tertiary/aromatic N) is 2. The summed E-state index contributed by atoms with van der Waals surface area (Å²) in [4.78, 5) is 12.0. The molecule has 0 aliphatic heterocycles. The van der Waals surface area contributed by atoms with E-state index in [0.717, 1.165) is 19.3 Å². The van der Waals surface area contributed by atoms with Crippen LogP contribution in [0.5, 0.6) is 0 Å². The van der Waals surface area contributed by atoms with Gasteiger partial charge in [-0.25, -0.2) is 0 Å². The Balaban J connectivity index is 2.09. The minimum atomic E-state index is -0.331. The molecule has 2 rings (SSSR count). The topological polar surface area (TPSA) is 75.1 Å². The molecule has 1 saturated carbocycles. The van der Waals surface area contributed by atoms with Crippen molar-refractivity contribution >= 4 is 29.1 Å². The molecule has 1 aromatic heterocycles. The lowest BCUT2D eigenvalue weighted by Crippen LogP contribution is -2.38. The Labute approximate surface area is 115 Å². The summed E-state index contributed by atoms with van der Waals surface area (Å²) in [6, 6.07) is 1.36. The van der Waals surface area contributed by atoms with Crippen LogP contribution in [0.3, 0.4) is 0 Å². The number of amides is 1. The zero-order chi connectivity index (χ0) is 13.1. The minimum Gasteiger partial charge on any atom is -0.396 e. The Kier molecular flexibility index (Phi) is 4.37. The number of aromatic nitrogens is 2. The van der Waals surface area contributed by atoms with E-state index in [1.807, 2.05) is 0 Å². The molecular weight excluding hydrogens is 277 g/mol. The summed E-state index contributed by atoms with van der Waals surface area (Å²) in [7, 11) is 0. The predicted octanol–water partition coefficient (Wildman–Crippen LogP) is 1.67. The fraction of sp³-hybridized carbons (Fsp3) is 0.545. The zero-order valence-electron chi connectivity index (χ0n) is 9.57.